The lowest BCUT2D eigenvalue weighted by Crippen LogP contribution is -3.00. The van der Waals surface area contributed by atoms with Crippen LogP contribution in [0.1, 0.15) is 5.56 Å². The Balaban J connectivity index is 0.00000264. The van der Waals surface area contributed by atoms with E-state index in [0.29, 0.717) is 12.3 Å². The molecule has 2 aromatic rings. The highest BCUT2D eigenvalue weighted by molar-refractivity contribution is 7.99. The first-order chi connectivity index (χ1) is 10.7. The smallest absolute Gasteiger partial charge is 0.118 e. The van der Waals surface area contributed by atoms with Crippen molar-refractivity contribution >= 4 is 23.4 Å². The lowest BCUT2D eigenvalue weighted by molar-refractivity contribution is -0.00000665. The maximum absolute atomic E-state index is 10.0. The molecule has 126 valence electrons. The van der Waals surface area contributed by atoms with Gasteiger partial charge >= 0.3 is 0 Å². The normalized spacial score (nSPS) is 11.6. The van der Waals surface area contributed by atoms with Gasteiger partial charge in [-0.05, 0) is 42.0 Å². The molecule has 0 fully saturated rings. The highest BCUT2D eigenvalue weighted by atomic mass is 35.5. The Kier molecular flexibility index (Phi) is 9.44. The van der Waals surface area contributed by atoms with E-state index in [0.717, 1.165) is 27.8 Å². The van der Waals surface area contributed by atoms with Crippen molar-refractivity contribution in [2.24, 2.45) is 0 Å². The predicted molar refractivity (Wildman–Crippen MR) is 92.9 cm³/mol. The summed E-state index contributed by atoms with van der Waals surface area (Å²) in [6.07, 6.45) is -0.389. The number of ether oxygens (including phenoxy) is 1. The third-order valence-electron chi connectivity index (χ3n) is 3.12. The van der Waals surface area contributed by atoms with Crippen LogP contribution in [-0.2, 0) is 6.54 Å². The number of aliphatic hydroxyl groups excluding tert-OH is 1. The summed E-state index contributed by atoms with van der Waals surface area (Å²) in [4.78, 5) is 1.12. The Morgan fingerprint density at radius 3 is 2.39 bits per heavy atom. The van der Waals surface area contributed by atoms with Gasteiger partial charge in [-0.3, -0.25) is 0 Å². The van der Waals surface area contributed by atoms with Crippen LogP contribution >= 0.6 is 23.4 Å². The minimum Gasteiger partial charge on any atom is -1.00 e. The minimum atomic E-state index is -0.389. The molecular formula is C17H20Cl2NO2S-. The van der Waals surface area contributed by atoms with E-state index >= 15 is 0 Å². The first-order valence-corrected chi connectivity index (χ1v) is 8.44. The molecule has 0 spiro atoms. The van der Waals surface area contributed by atoms with Crippen molar-refractivity contribution < 1.29 is 22.3 Å². The first-order valence-electron chi connectivity index (χ1n) is 7.07. The summed E-state index contributed by atoms with van der Waals surface area (Å²) < 4.78 is 5.12. The van der Waals surface area contributed by atoms with Crippen LogP contribution in [0.5, 0.6) is 5.75 Å². The van der Waals surface area contributed by atoms with Crippen LogP contribution in [0.25, 0.3) is 0 Å². The van der Waals surface area contributed by atoms with Crippen molar-refractivity contribution in [3.05, 3.63) is 59.1 Å². The Hall–Kier alpha value is -0.910. The van der Waals surface area contributed by atoms with E-state index in [2.05, 4.69) is 5.32 Å². The lowest BCUT2D eigenvalue weighted by atomic mass is 10.2. The SMILES string of the molecule is COc1ccc(SCC(O)CNCc2ccc(Cl)cc2)cc1.[Cl-]. The summed E-state index contributed by atoms with van der Waals surface area (Å²) in [5.74, 6) is 1.49. The molecule has 0 aliphatic carbocycles. The summed E-state index contributed by atoms with van der Waals surface area (Å²) in [5.41, 5.74) is 1.15. The first kappa shape index (κ1) is 20.1. The topological polar surface area (TPSA) is 41.5 Å². The molecule has 0 saturated carbocycles. The highest BCUT2D eigenvalue weighted by Crippen LogP contribution is 2.21. The maximum atomic E-state index is 10.0. The standard InChI is InChI=1S/C17H20ClNO2S.ClH/c1-21-16-6-8-17(9-7-16)22-12-15(20)11-19-10-13-2-4-14(18)5-3-13;/h2-9,15,19-20H,10-12H2,1H3;1H/p-1. The molecule has 0 radical (unpaired) electrons. The van der Waals surface area contributed by atoms with Crippen LogP contribution in [0, 0.1) is 0 Å². The van der Waals surface area contributed by atoms with E-state index in [-0.39, 0.29) is 18.5 Å². The number of hydrogen-bond donors (Lipinski definition) is 2. The summed E-state index contributed by atoms with van der Waals surface area (Å²) in [5, 5.41) is 14.0. The second kappa shape index (κ2) is 10.8. The molecule has 23 heavy (non-hydrogen) atoms. The molecule has 0 amide bonds. The van der Waals surface area contributed by atoms with E-state index < -0.39 is 0 Å². The van der Waals surface area contributed by atoms with Crippen molar-refractivity contribution in [3.63, 3.8) is 0 Å². The van der Waals surface area contributed by atoms with Gasteiger partial charge in [0.1, 0.15) is 5.75 Å². The Bertz CT molecular complexity index is 564. The van der Waals surface area contributed by atoms with Crippen molar-refractivity contribution in [1.29, 1.82) is 0 Å². The van der Waals surface area contributed by atoms with Crippen LogP contribution in [0.4, 0.5) is 0 Å². The van der Waals surface area contributed by atoms with Gasteiger partial charge in [-0.25, -0.2) is 0 Å². The van der Waals surface area contributed by atoms with Gasteiger partial charge in [-0.15, -0.1) is 11.8 Å². The number of nitrogens with one attached hydrogen (secondary N) is 1. The Labute approximate surface area is 152 Å². The van der Waals surface area contributed by atoms with Gasteiger partial charge in [0.2, 0.25) is 0 Å². The summed E-state index contributed by atoms with van der Waals surface area (Å²) in [6, 6.07) is 15.5. The average molecular weight is 373 g/mol. The fourth-order valence-corrected chi connectivity index (χ4v) is 2.87. The van der Waals surface area contributed by atoms with Gasteiger partial charge in [0.05, 0.1) is 13.2 Å². The molecule has 2 aromatic carbocycles. The van der Waals surface area contributed by atoms with Gasteiger partial charge in [-0.2, -0.15) is 0 Å². The number of aliphatic hydroxyl groups is 1. The second-order valence-electron chi connectivity index (χ2n) is 4.90. The Morgan fingerprint density at radius 1 is 1.13 bits per heavy atom. The molecule has 0 aliphatic heterocycles. The predicted octanol–water partition coefficient (Wildman–Crippen LogP) is 0.595. The van der Waals surface area contributed by atoms with Crippen LogP contribution in [-0.4, -0.2) is 30.6 Å². The molecule has 6 heteroatoms. The molecule has 2 N–H and O–H groups in total. The van der Waals surface area contributed by atoms with Gasteiger partial charge < -0.3 is 27.6 Å². The van der Waals surface area contributed by atoms with Crippen LogP contribution < -0.4 is 22.5 Å². The summed E-state index contributed by atoms with van der Waals surface area (Å²) in [6.45, 7) is 1.28. The molecule has 0 bridgehead atoms. The van der Waals surface area contributed by atoms with E-state index in [4.69, 9.17) is 16.3 Å². The zero-order valence-corrected chi connectivity index (χ0v) is 15.2. The number of hydrogen-bond acceptors (Lipinski definition) is 4. The summed E-state index contributed by atoms with van der Waals surface area (Å²) >= 11 is 7.48. The number of rotatable bonds is 8. The number of thioether (sulfide) groups is 1. The van der Waals surface area contributed by atoms with Crippen LogP contribution in [0.2, 0.25) is 5.02 Å². The van der Waals surface area contributed by atoms with Gasteiger partial charge in [0, 0.05) is 28.8 Å². The quantitative estimate of drug-likeness (QED) is 0.665. The largest absolute Gasteiger partial charge is 1.00 e. The molecule has 0 saturated heterocycles. The fraction of sp³-hybridized carbons (Fsp3) is 0.294. The van der Waals surface area contributed by atoms with E-state index in [9.17, 15) is 5.11 Å². The molecule has 1 unspecified atom stereocenters. The van der Waals surface area contributed by atoms with Crippen LogP contribution in [0.3, 0.4) is 0 Å². The number of halogens is 2. The second-order valence-corrected chi connectivity index (χ2v) is 6.43. The minimum absolute atomic E-state index is 0. The zero-order valence-electron chi connectivity index (χ0n) is 12.8. The molecule has 0 heterocycles. The Morgan fingerprint density at radius 2 is 1.78 bits per heavy atom. The molecule has 3 nitrogen and oxygen atoms in total. The molecular weight excluding hydrogens is 353 g/mol. The lowest BCUT2D eigenvalue weighted by Gasteiger charge is -2.12. The van der Waals surface area contributed by atoms with Crippen molar-refractivity contribution in [2.45, 2.75) is 17.5 Å². The fourth-order valence-electron chi connectivity index (χ4n) is 1.91. The molecule has 0 aromatic heterocycles. The van der Waals surface area contributed by atoms with Gasteiger partial charge in [0.25, 0.3) is 0 Å². The van der Waals surface area contributed by atoms with Gasteiger partial charge in [-0.1, -0.05) is 23.7 Å². The monoisotopic (exact) mass is 372 g/mol. The average Bonchev–Trinajstić information content (AvgIpc) is 2.55. The third-order valence-corrected chi connectivity index (χ3v) is 4.53. The molecule has 2 rings (SSSR count). The van der Waals surface area contributed by atoms with Crippen molar-refractivity contribution in [1.82, 2.24) is 5.32 Å². The van der Waals surface area contributed by atoms with Crippen molar-refractivity contribution in [3.8, 4) is 5.75 Å². The third kappa shape index (κ3) is 7.46. The number of methoxy groups -OCH3 is 1. The summed E-state index contributed by atoms with van der Waals surface area (Å²) in [7, 11) is 1.65. The van der Waals surface area contributed by atoms with E-state index in [1.165, 1.54) is 0 Å². The van der Waals surface area contributed by atoms with Crippen molar-refractivity contribution in [2.75, 3.05) is 19.4 Å². The highest BCUT2D eigenvalue weighted by Gasteiger charge is 2.05. The van der Waals surface area contributed by atoms with E-state index in [1.54, 1.807) is 18.9 Å². The van der Waals surface area contributed by atoms with E-state index in [1.807, 2.05) is 48.5 Å². The van der Waals surface area contributed by atoms with Gasteiger partial charge in [0.15, 0.2) is 0 Å². The number of benzene rings is 2. The zero-order chi connectivity index (χ0) is 15.8. The molecule has 1 atom stereocenters. The maximum Gasteiger partial charge on any atom is 0.118 e. The van der Waals surface area contributed by atoms with Crippen LogP contribution in [0.15, 0.2) is 53.4 Å². The molecule has 0 aliphatic rings.